The van der Waals surface area contributed by atoms with E-state index in [1.54, 1.807) is 12.1 Å². The molecule has 4 nitrogen and oxygen atoms in total. The van der Waals surface area contributed by atoms with Crippen LogP contribution in [0, 0.1) is 5.82 Å². The van der Waals surface area contributed by atoms with Crippen LogP contribution in [0.15, 0.2) is 48.7 Å². The van der Waals surface area contributed by atoms with Gasteiger partial charge in [0.2, 0.25) is 0 Å². The molecule has 2 heterocycles. The molecule has 0 atom stereocenters. The van der Waals surface area contributed by atoms with Crippen LogP contribution in [-0.4, -0.2) is 23.6 Å². The summed E-state index contributed by atoms with van der Waals surface area (Å²) in [4.78, 5) is 15.0. The van der Waals surface area contributed by atoms with Gasteiger partial charge in [0, 0.05) is 42.8 Å². The fraction of sp³-hybridized carbons (Fsp3) is 0.250. The average molecular weight is 337 g/mol. The molecule has 1 amide bonds. The van der Waals surface area contributed by atoms with Gasteiger partial charge in [-0.15, -0.1) is 0 Å². The number of para-hydroxylation sites is 1. The van der Waals surface area contributed by atoms with E-state index in [2.05, 4.69) is 10.2 Å². The predicted octanol–water partition coefficient (Wildman–Crippen LogP) is 4.17. The van der Waals surface area contributed by atoms with Crippen LogP contribution >= 0.6 is 0 Å². The second-order valence-electron chi connectivity index (χ2n) is 6.45. The molecule has 0 unspecified atom stereocenters. The number of nitrogens with one attached hydrogen (secondary N) is 1. The molecule has 25 heavy (non-hydrogen) atoms. The molecule has 0 radical (unpaired) electrons. The molecule has 1 saturated heterocycles. The van der Waals surface area contributed by atoms with E-state index >= 15 is 0 Å². The zero-order chi connectivity index (χ0) is 17.4. The van der Waals surface area contributed by atoms with Crippen molar-refractivity contribution in [3.05, 3.63) is 60.0 Å². The summed E-state index contributed by atoms with van der Waals surface area (Å²) in [5.74, 6) is -0.694. The third-order valence-corrected chi connectivity index (χ3v) is 4.85. The number of anilines is 2. The highest BCUT2D eigenvalue weighted by atomic mass is 19.1. The lowest BCUT2D eigenvalue weighted by molar-refractivity contribution is 0.102. The first-order chi connectivity index (χ1) is 12.1. The van der Waals surface area contributed by atoms with Crippen molar-refractivity contribution in [2.45, 2.75) is 12.8 Å². The molecular formula is C20H20FN3O. The molecule has 5 heteroatoms. The summed E-state index contributed by atoms with van der Waals surface area (Å²) < 4.78 is 16.4. The van der Waals surface area contributed by atoms with Crippen molar-refractivity contribution in [3.8, 4) is 0 Å². The quantitative estimate of drug-likeness (QED) is 0.779. The van der Waals surface area contributed by atoms with Gasteiger partial charge in [-0.1, -0.05) is 12.1 Å². The third kappa shape index (κ3) is 2.76. The molecule has 0 spiro atoms. The van der Waals surface area contributed by atoms with E-state index in [-0.39, 0.29) is 11.6 Å². The molecule has 0 saturated carbocycles. The topological polar surface area (TPSA) is 37.3 Å². The zero-order valence-electron chi connectivity index (χ0n) is 14.1. The predicted molar refractivity (Wildman–Crippen MR) is 98.7 cm³/mol. The maximum atomic E-state index is 14.5. The van der Waals surface area contributed by atoms with Crippen LogP contribution in [0.4, 0.5) is 15.8 Å². The lowest BCUT2D eigenvalue weighted by Crippen LogP contribution is -2.22. The van der Waals surface area contributed by atoms with E-state index < -0.39 is 5.82 Å². The van der Waals surface area contributed by atoms with Crippen molar-refractivity contribution in [2.24, 2.45) is 7.05 Å². The number of carbonyl (C=O) groups excluding carboxylic acids is 1. The fourth-order valence-corrected chi connectivity index (χ4v) is 3.54. The van der Waals surface area contributed by atoms with E-state index in [9.17, 15) is 9.18 Å². The lowest BCUT2D eigenvalue weighted by Gasteiger charge is -2.22. The van der Waals surface area contributed by atoms with Crippen LogP contribution in [0.1, 0.15) is 23.2 Å². The summed E-state index contributed by atoms with van der Waals surface area (Å²) in [6.07, 6.45) is 4.10. The number of benzene rings is 2. The minimum absolute atomic E-state index is 0.266. The minimum atomic E-state index is -0.405. The smallest absolute Gasteiger partial charge is 0.256 e. The molecule has 1 aliphatic heterocycles. The number of aryl methyl sites for hydroxylation is 1. The largest absolute Gasteiger partial charge is 0.370 e. The molecule has 128 valence electrons. The van der Waals surface area contributed by atoms with Crippen molar-refractivity contribution in [2.75, 3.05) is 23.3 Å². The molecule has 1 aliphatic rings. The summed E-state index contributed by atoms with van der Waals surface area (Å²) in [5, 5.41) is 3.67. The lowest BCUT2D eigenvalue weighted by atomic mass is 10.1. The summed E-state index contributed by atoms with van der Waals surface area (Å²) in [6.45, 7) is 1.78. The maximum absolute atomic E-state index is 14.5. The Bertz CT molecular complexity index is 941. The molecular weight excluding hydrogens is 317 g/mol. The standard InChI is InChI=1S/C20H20FN3O/c1-23-13-10-14-15(6-4-8-17(14)23)20(25)22-19-16(21)7-5-9-18(19)24-11-2-3-12-24/h4-10,13H,2-3,11-12H2,1H3,(H,22,25). The monoisotopic (exact) mass is 337 g/mol. The maximum Gasteiger partial charge on any atom is 0.256 e. The fourth-order valence-electron chi connectivity index (χ4n) is 3.54. The molecule has 3 aromatic rings. The molecule has 1 N–H and O–H groups in total. The summed E-state index contributed by atoms with van der Waals surface area (Å²) in [5.41, 5.74) is 2.54. The second kappa shape index (κ2) is 6.24. The Morgan fingerprint density at radius 2 is 1.84 bits per heavy atom. The van der Waals surface area contributed by atoms with Gasteiger partial charge in [0.05, 0.1) is 5.69 Å². The third-order valence-electron chi connectivity index (χ3n) is 4.85. The summed E-state index contributed by atoms with van der Waals surface area (Å²) >= 11 is 0. The van der Waals surface area contributed by atoms with E-state index in [4.69, 9.17) is 0 Å². The van der Waals surface area contributed by atoms with E-state index in [0.717, 1.165) is 42.5 Å². The van der Waals surface area contributed by atoms with Crippen molar-refractivity contribution in [1.82, 2.24) is 4.57 Å². The SMILES string of the molecule is Cn1ccc2c(C(=O)Nc3c(F)cccc3N3CCCC3)cccc21. The number of hydrogen-bond acceptors (Lipinski definition) is 2. The van der Waals surface area contributed by atoms with E-state index in [1.807, 2.05) is 42.1 Å². The molecule has 1 aromatic heterocycles. The van der Waals surface area contributed by atoms with Gasteiger partial charge < -0.3 is 14.8 Å². The summed E-state index contributed by atoms with van der Waals surface area (Å²) in [7, 11) is 1.94. The molecule has 4 rings (SSSR count). The van der Waals surface area contributed by atoms with Gasteiger partial charge in [-0.05, 0) is 43.2 Å². The number of fused-ring (bicyclic) bond motifs is 1. The van der Waals surface area contributed by atoms with E-state index in [1.165, 1.54) is 6.07 Å². The number of nitrogens with zero attached hydrogens (tertiary/aromatic N) is 2. The Balaban J connectivity index is 1.71. The first kappa shape index (κ1) is 15.7. The van der Waals surface area contributed by atoms with Crippen LogP contribution in [0.3, 0.4) is 0 Å². The average Bonchev–Trinajstić information content (AvgIpc) is 3.27. The van der Waals surface area contributed by atoms with Crippen molar-refractivity contribution >= 4 is 28.2 Å². The Morgan fingerprint density at radius 1 is 1.08 bits per heavy atom. The van der Waals surface area contributed by atoms with Crippen LogP contribution in [0.5, 0.6) is 0 Å². The van der Waals surface area contributed by atoms with Gasteiger partial charge >= 0.3 is 0 Å². The first-order valence-corrected chi connectivity index (χ1v) is 8.54. The van der Waals surface area contributed by atoms with Crippen molar-refractivity contribution in [3.63, 3.8) is 0 Å². The van der Waals surface area contributed by atoms with Crippen LogP contribution in [0.25, 0.3) is 10.9 Å². The molecule has 1 fully saturated rings. The highest BCUT2D eigenvalue weighted by Crippen LogP contribution is 2.32. The number of hydrogen-bond donors (Lipinski definition) is 1. The van der Waals surface area contributed by atoms with Gasteiger partial charge in [-0.25, -0.2) is 4.39 Å². The van der Waals surface area contributed by atoms with Gasteiger partial charge in [-0.3, -0.25) is 4.79 Å². The molecule has 2 aromatic carbocycles. The number of carbonyl (C=O) groups is 1. The van der Waals surface area contributed by atoms with Gasteiger partial charge in [0.15, 0.2) is 0 Å². The highest BCUT2D eigenvalue weighted by molar-refractivity contribution is 6.13. The Morgan fingerprint density at radius 3 is 2.64 bits per heavy atom. The normalized spacial score (nSPS) is 14.2. The van der Waals surface area contributed by atoms with Crippen molar-refractivity contribution in [1.29, 1.82) is 0 Å². The van der Waals surface area contributed by atoms with E-state index in [0.29, 0.717) is 5.56 Å². The number of aromatic nitrogens is 1. The minimum Gasteiger partial charge on any atom is -0.370 e. The van der Waals surface area contributed by atoms with Crippen LogP contribution in [0.2, 0.25) is 0 Å². The Hall–Kier alpha value is -2.82. The first-order valence-electron chi connectivity index (χ1n) is 8.54. The highest BCUT2D eigenvalue weighted by Gasteiger charge is 2.21. The Labute approximate surface area is 145 Å². The molecule has 0 aliphatic carbocycles. The number of rotatable bonds is 3. The second-order valence-corrected chi connectivity index (χ2v) is 6.45. The molecule has 0 bridgehead atoms. The number of amides is 1. The zero-order valence-corrected chi connectivity index (χ0v) is 14.1. The summed E-state index contributed by atoms with van der Waals surface area (Å²) in [6, 6.07) is 12.4. The van der Waals surface area contributed by atoms with Gasteiger partial charge in [0.25, 0.3) is 5.91 Å². The van der Waals surface area contributed by atoms with Crippen LogP contribution in [-0.2, 0) is 7.05 Å². The van der Waals surface area contributed by atoms with Crippen LogP contribution < -0.4 is 10.2 Å². The Kier molecular flexibility index (Phi) is 3.92. The van der Waals surface area contributed by atoms with Gasteiger partial charge in [0.1, 0.15) is 11.5 Å². The van der Waals surface area contributed by atoms with Gasteiger partial charge in [-0.2, -0.15) is 0 Å². The van der Waals surface area contributed by atoms with Crippen molar-refractivity contribution < 1.29 is 9.18 Å². The number of halogens is 1.